The van der Waals surface area contributed by atoms with E-state index in [0.717, 1.165) is 50.6 Å². The van der Waals surface area contributed by atoms with Crippen molar-refractivity contribution in [2.45, 2.75) is 19.8 Å². The van der Waals surface area contributed by atoms with Gasteiger partial charge in [-0.15, -0.1) is 0 Å². The fraction of sp³-hybridized carbons (Fsp3) is 0.261. The van der Waals surface area contributed by atoms with Gasteiger partial charge in [0.1, 0.15) is 0 Å². The lowest BCUT2D eigenvalue weighted by Gasteiger charge is -2.29. The molecule has 4 heteroatoms. The van der Waals surface area contributed by atoms with Crippen LogP contribution in [0.1, 0.15) is 30.9 Å². The van der Waals surface area contributed by atoms with Crippen LogP contribution in [0.2, 0.25) is 0 Å². The zero-order chi connectivity index (χ0) is 19.2. The molecule has 1 fully saturated rings. The van der Waals surface area contributed by atoms with Crippen molar-refractivity contribution in [3.05, 3.63) is 79.7 Å². The third-order valence-corrected chi connectivity index (χ3v) is 5.68. The van der Waals surface area contributed by atoms with E-state index in [9.17, 15) is 4.79 Å². The third-order valence-electron chi connectivity index (χ3n) is 4.62. The van der Waals surface area contributed by atoms with Gasteiger partial charge in [0, 0.05) is 33.2 Å². The van der Waals surface area contributed by atoms with Gasteiger partial charge in [0.25, 0.3) is 0 Å². The number of carbonyl (C=O) groups excluding carboxylic acids is 1. The van der Waals surface area contributed by atoms with E-state index < -0.39 is 0 Å². The van der Waals surface area contributed by atoms with Crippen LogP contribution in [0, 0.1) is 0 Å². The second-order valence-electron chi connectivity index (χ2n) is 6.84. The number of Topliss-reactive ketones (excluding diaryl/α,β-unsaturated/α-hetero) is 1. The number of unbranched alkanes of at least 4 members (excludes halogenated alkanes) is 1. The quantitative estimate of drug-likeness (QED) is 0.456. The van der Waals surface area contributed by atoms with Crippen molar-refractivity contribution in [3.63, 3.8) is 0 Å². The van der Waals surface area contributed by atoms with Gasteiger partial charge in [0.05, 0.1) is 0 Å². The molecule has 1 heterocycles. The van der Waals surface area contributed by atoms with Gasteiger partial charge in [-0.2, -0.15) is 0 Å². The molecule has 140 valence electrons. The van der Waals surface area contributed by atoms with E-state index in [1.807, 2.05) is 60.7 Å². The topological polar surface area (TPSA) is 20.3 Å². The highest BCUT2D eigenvalue weighted by Crippen LogP contribution is 2.23. The standard InChI is InChI=1S/C23H23Br2NO/c1-2-3-12-26-15-19(13-17-4-8-21(24)9-5-17)23(27)20(16-26)14-18-6-10-22(25)11-7-18/h4-11,13-14H,2-3,12,15-16H2,1H3/b19-13-,20-14-. The van der Waals surface area contributed by atoms with Gasteiger partial charge in [-0.05, 0) is 60.5 Å². The van der Waals surface area contributed by atoms with Crippen molar-refractivity contribution >= 4 is 49.8 Å². The minimum Gasteiger partial charge on any atom is -0.295 e. The molecule has 2 aromatic rings. The summed E-state index contributed by atoms with van der Waals surface area (Å²) in [4.78, 5) is 15.5. The van der Waals surface area contributed by atoms with E-state index in [0.29, 0.717) is 13.1 Å². The molecule has 0 saturated carbocycles. The molecule has 2 nitrogen and oxygen atoms in total. The number of halogens is 2. The minimum absolute atomic E-state index is 0.161. The molecule has 1 saturated heterocycles. The maximum Gasteiger partial charge on any atom is 0.187 e. The van der Waals surface area contributed by atoms with Crippen LogP contribution >= 0.6 is 31.9 Å². The summed E-state index contributed by atoms with van der Waals surface area (Å²) in [6.45, 7) is 4.64. The van der Waals surface area contributed by atoms with Crippen molar-refractivity contribution in [1.82, 2.24) is 4.90 Å². The van der Waals surface area contributed by atoms with Crippen molar-refractivity contribution < 1.29 is 4.79 Å². The Labute approximate surface area is 178 Å². The second-order valence-corrected chi connectivity index (χ2v) is 8.67. The van der Waals surface area contributed by atoms with Gasteiger partial charge in [-0.25, -0.2) is 0 Å². The fourth-order valence-electron chi connectivity index (χ4n) is 3.17. The Kier molecular flexibility index (Phi) is 7.22. The molecule has 0 amide bonds. The first kappa shape index (κ1) is 20.2. The van der Waals surface area contributed by atoms with Gasteiger partial charge >= 0.3 is 0 Å². The normalized spacial score (nSPS) is 18.4. The van der Waals surface area contributed by atoms with Crippen molar-refractivity contribution in [2.24, 2.45) is 0 Å². The molecular formula is C23H23Br2NO. The number of likely N-dealkylation sites (tertiary alicyclic amines) is 1. The Bertz CT molecular complexity index is 783. The zero-order valence-corrected chi connectivity index (χ0v) is 18.6. The Morgan fingerprint density at radius 2 is 1.30 bits per heavy atom. The lowest BCUT2D eigenvalue weighted by molar-refractivity contribution is -0.113. The average molecular weight is 489 g/mol. The van der Waals surface area contributed by atoms with Crippen molar-refractivity contribution in [3.8, 4) is 0 Å². The van der Waals surface area contributed by atoms with E-state index in [-0.39, 0.29) is 5.78 Å². The van der Waals surface area contributed by atoms with Gasteiger partial charge < -0.3 is 0 Å². The predicted molar refractivity (Wildman–Crippen MR) is 121 cm³/mol. The fourth-order valence-corrected chi connectivity index (χ4v) is 3.70. The van der Waals surface area contributed by atoms with Gasteiger partial charge in [-0.3, -0.25) is 9.69 Å². The van der Waals surface area contributed by atoms with E-state index in [1.165, 1.54) is 0 Å². The summed E-state index contributed by atoms with van der Waals surface area (Å²) >= 11 is 6.93. The molecule has 0 spiro atoms. The molecule has 0 aromatic heterocycles. The number of hydrogen-bond acceptors (Lipinski definition) is 2. The Morgan fingerprint density at radius 3 is 1.70 bits per heavy atom. The van der Waals surface area contributed by atoms with Crippen LogP contribution < -0.4 is 0 Å². The van der Waals surface area contributed by atoms with Crippen LogP contribution in [0.15, 0.2) is 68.6 Å². The highest BCUT2D eigenvalue weighted by molar-refractivity contribution is 9.10. The average Bonchev–Trinajstić information content (AvgIpc) is 2.67. The molecule has 0 N–H and O–H groups in total. The van der Waals surface area contributed by atoms with Crippen LogP contribution in [0.5, 0.6) is 0 Å². The largest absolute Gasteiger partial charge is 0.295 e. The first-order chi connectivity index (χ1) is 13.0. The van der Waals surface area contributed by atoms with Crippen molar-refractivity contribution in [2.75, 3.05) is 19.6 Å². The van der Waals surface area contributed by atoms with Crippen molar-refractivity contribution in [1.29, 1.82) is 0 Å². The number of hydrogen-bond donors (Lipinski definition) is 0. The highest BCUT2D eigenvalue weighted by atomic mass is 79.9. The lowest BCUT2D eigenvalue weighted by Crippen LogP contribution is -2.38. The Morgan fingerprint density at radius 1 is 0.852 bits per heavy atom. The molecule has 0 atom stereocenters. The van der Waals surface area contributed by atoms with Crippen LogP contribution in [0.3, 0.4) is 0 Å². The van der Waals surface area contributed by atoms with E-state index in [1.54, 1.807) is 0 Å². The molecule has 0 aliphatic carbocycles. The molecule has 3 rings (SSSR count). The summed E-state index contributed by atoms with van der Waals surface area (Å²) in [5.41, 5.74) is 3.84. The smallest absolute Gasteiger partial charge is 0.187 e. The second kappa shape index (κ2) is 9.63. The third kappa shape index (κ3) is 5.74. The number of nitrogens with zero attached hydrogens (tertiary/aromatic N) is 1. The van der Waals surface area contributed by atoms with E-state index in [4.69, 9.17) is 0 Å². The molecule has 1 aliphatic rings. The number of piperidine rings is 1. The molecule has 0 unspecified atom stereocenters. The Hall–Kier alpha value is -1.49. The number of ketones is 1. The predicted octanol–water partition coefficient (Wildman–Crippen LogP) is 6.36. The summed E-state index contributed by atoms with van der Waals surface area (Å²) in [6.07, 6.45) is 6.36. The first-order valence-electron chi connectivity index (χ1n) is 9.24. The maximum absolute atomic E-state index is 13.1. The molecular weight excluding hydrogens is 466 g/mol. The number of carbonyl (C=O) groups is 1. The van der Waals surface area contributed by atoms with Crippen LogP contribution in [0.4, 0.5) is 0 Å². The van der Waals surface area contributed by atoms with E-state index in [2.05, 4.69) is 43.7 Å². The molecule has 0 radical (unpaired) electrons. The monoisotopic (exact) mass is 487 g/mol. The number of rotatable bonds is 5. The van der Waals surface area contributed by atoms with Gasteiger partial charge in [0.15, 0.2) is 5.78 Å². The van der Waals surface area contributed by atoms with Crippen LogP contribution in [-0.2, 0) is 4.79 Å². The van der Waals surface area contributed by atoms with Gasteiger partial charge in [0.2, 0.25) is 0 Å². The summed E-state index contributed by atoms with van der Waals surface area (Å²) < 4.78 is 2.08. The number of benzene rings is 2. The SMILES string of the molecule is CCCCN1C/C(=C/c2ccc(Br)cc2)C(=O)/C(=C\c2ccc(Br)cc2)C1. The molecule has 0 bridgehead atoms. The summed E-state index contributed by atoms with van der Waals surface area (Å²) in [7, 11) is 0. The van der Waals surface area contributed by atoms with E-state index >= 15 is 0 Å². The summed E-state index contributed by atoms with van der Waals surface area (Å²) in [5.74, 6) is 0.161. The van der Waals surface area contributed by atoms with Gasteiger partial charge in [-0.1, -0.05) is 69.5 Å². The summed E-state index contributed by atoms with van der Waals surface area (Å²) in [5, 5.41) is 0. The highest BCUT2D eigenvalue weighted by Gasteiger charge is 2.25. The molecule has 1 aliphatic heterocycles. The molecule has 2 aromatic carbocycles. The summed E-state index contributed by atoms with van der Waals surface area (Å²) in [6, 6.07) is 16.2. The Balaban J connectivity index is 1.91. The lowest BCUT2D eigenvalue weighted by atomic mass is 9.94. The first-order valence-corrected chi connectivity index (χ1v) is 10.8. The van der Waals surface area contributed by atoms with Crippen LogP contribution in [-0.4, -0.2) is 30.3 Å². The zero-order valence-electron chi connectivity index (χ0n) is 15.4. The minimum atomic E-state index is 0.161. The molecule has 27 heavy (non-hydrogen) atoms. The maximum atomic E-state index is 13.1. The van der Waals surface area contributed by atoms with Crippen LogP contribution in [0.25, 0.3) is 12.2 Å².